The summed E-state index contributed by atoms with van der Waals surface area (Å²) < 4.78 is 45.3. The zero-order valence-electron chi connectivity index (χ0n) is 11.8. The van der Waals surface area contributed by atoms with Crippen molar-refractivity contribution >= 4 is 0 Å². The van der Waals surface area contributed by atoms with Gasteiger partial charge in [0.2, 0.25) is 0 Å². The summed E-state index contributed by atoms with van der Waals surface area (Å²) in [6.45, 7) is 0. The van der Waals surface area contributed by atoms with Crippen LogP contribution in [-0.2, 0) is 6.42 Å². The second-order valence-electron chi connectivity index (χ2n) is 4.66. The smallest absolute Gasteiger partial charge is 0.194 e. The van der Waals surface area contributed by atoms with Crippen molar-refractivity contribution in [2.75, 3.05) is 14.2 Å². The molecular weight excluding hydrogens is 279 g/mol. The number of rotatable bonds is 5. The SMILES string of the molecule is CNC(Cc1cccc(OC)c1)c1ccc(F)c(F)c1F. The van der Waals surface area contributed by atoms with Crippen molar-refractivity contribution in [2.24, 2.45) is 0 Å². The third kappa shape index (κ3) is 3.36. The van der Waals surface area contributed by atoms with E-state index in [2.05, 4.69) is 5.32 Å². The van der Waals surface area contributed by atoms with Gasteiger partial charge in [-0.1, -0.05) is 18.2 Å². The van der Waals surface area contributed by atoms with Gasteiger partial charge in [0.25, 0.3) is 0 Å². The average Bonchev–Trinajstić information content (AvgIpc) is 2.51. The molecule has 0 aliphatic rings. The molecule has 1 atom stereocenters. The Kier molecular flexibility index (Phi) is 4.85. The topological polar surface area (TPSA) is 21.3 Å². The molecule has 1 N–H and O–H groups in total. The van der Waals surface area contributed by atoms with E-state index < -0.39 is 23.5 Å². The van der Waals surface area contributed by atoms with E-state index in [-0.39, 0.29) is 5.56 Å². The third-order valence-corrected chi connectivity index (χ3v) is 3.36. The molecule has 0 aliphatic carbocycles. The van der Waals surface area contributed by atoms with Gasteiger partial charge in [0, 0.05) is 11.6 Å². The minimum absolute atomic E-state index is 0.0965. The molecule has 0 aliphatic heterocycles. The Morgan fingerprint density at radius 1 is 1.10 bits per heavy atom. The van der Waals surface area contributed by atoms with Crippen LogP contribution in [0.5, 0.6) is 5.75 Å². The van der Waals surface area contributed by atoms with Gasteiger partial charge in [0.05, 0.1) is 7.11 Å². The first-order valence-corrected chi connectivity index (χ1v) is 6.50. The largest absolute Gasteiger partial charge is 0.497 e. The van der Waals surface area contributed by atoms with Crippen LogP contribution in [0, 0.1) is 17.5 Å². The standard InChI is InChI=1S/C16H16F3NO/c1-20-14(9-10-4-3-5-11(8-10)21-2)12-6-7-13(17)16(19)15(12)18/h3-8,14,20H,9H2,1-2H3. The Hall–Kier alpha value is -2.01. The summed E-state index contributed by atoms with van der Waals surface area (Å²) in [5.74, 6) is -3.10. The van der Waals surface area contributed by atoms with Gasteiger partial charge in [-0.05, 0) is 37.2 Å². The van der Waals surface area contributed by atoms with Gasteiger partial charge in [-0.15, -0.1) is 0 Å². The van der Waals surface area contributed by atoms with Crippen molar-refractivity contribution < 1.29 is 17.9 Å². The molecule has 21 heavy (non-hydrogen) atoms. The first kappa shape index (κ1) is 15.4. The lowest BCUT2D eigenvalue weighted by Crippen LogP contribution is -2.21. The van der Waals surface area contributed by atoms with E-state index in [1.807, 2.05) is 18.2 Å². The van der Waals surface area contributed by atoms with Crippen molar-refractivity contribution in [3.05, 3.63) is 65.0 Å². The van der Waals surface area contributed by atoms with Crippen LogP contribution in [0.3, 0.4) is 0 Å². The fourth-order valence-corrected chi connectivity index (χ4v) is 2.21. The molecule has 0 spiro atoms. The summed E-state index contributed by atoms with van der Waals surface area (Å²) in [5, 5.41) is 2.92. The van der Waals surface area contributed by atoms with E-state index in [1.165, 1.54) is 6.07 Å². The normalized spacial score (nSPS) is 12.2. The highest BCUT2D eigenvalue weighted by atomic mass is 19.2. The van der Waals surface area contributed by atoms with Crippen molar-refractivity contribution in [2.45, 2.75) is 12.5 Å². The summed E-state index contributed by atoms with van der Waals surface area (Å²) in [5.41, 5.74) is 0.997. The molecule has 112 valence electrons. The van der Waals surface area contributed by atoms with E-state index in [1.54, 1.807) is 20.2 Å². The van der Waals surface area contributed by atoms with E-state index in [9.17, 15) is 13.2 Å². The predicted molar refractivity (Wildman–Crippen MR) is 74.8 cm³/mol. The Labute approximate surface area is 121 Å². The van der Waals surface area contributed by atoms with Crippen LogP contribution in [0.1, 0.15) is 17.2 Å². The molecule has 2 nitrogen and oxygen atoms in total. The van der Waals surface area contributed by atoms with Gasteiger partial charge in [0.15, 0.2) is 17.5 Å². The molecule has 0 radical (unpaired) electrons. The van der Waals surface area contributed by atoms with Crippen molar-refractivity contribution in [1.29, 1.82) is 0 Å². The molecule has 0 bridgehead atoms. The highest BCUT2D eigenvalue weighted by Gasteiger charge is 2.20. The molecule has 0 saturated heterocycles. The predicted octanol–water partition coefficient (Wildman–Crippen LogP) is 3.62. The molecule has 2 rings (SSSR count). The molecule has 0 saturated carbocycles. The number of ether oxygens (including phenoxy) is 1. The fourth-order valence-electron chi connectivity index (χ4n) is 2.21. The van der Waals surface area contributed by atoms with Gasteiger partial charge < -0.3 is 10.1 Å². The number of hydrogen-bond donors (Lipinski definition) is 1. The summed E-state index contributed by atoms with van der Waals surface area (Å²) in [6, 6.07) is 9.04. The zero-order chi connectivity index (χ0) is 15.4. The van der Waals surface area contributed by atoms with Crippen molar-refractivity contribution in [1.82, 2.24) is 5.32 Å². The quantitative estimate of drug-likeness (QED) is 0.851. The first-order chi connectivity index (χ1) is 10.1. The Balaban J connectivity index is 2.30. The lowest BCUT2D eigenvalue weighted by Gasteiger charge is -2.18. The van der Waals surface area contributed by atoms with E-state index in [0.717, 1.165) is 11.6 Å². The second kappa shape index (κ2) is 6.63. The number of hydrogen-bond acceptors (Lipinski definition) is 2. The van der Waals surface area contributed by atoms with Gasteiger partial charge in [-0.2, -0.15) is 0 Å². The monoisotopic (exact) mass is 295 g/mol. The molecule has 0 amide bonds. The summed E-state index contributed by atoms with van der Waals surface area (Å²) in [6.07, 6.45) is 0.426. The number of benzene rings is 2. The molecule has 0 fully saturated rings. The maximum absolute atomic E-state index is 13.9. The summed E-state index contributed by atoms with van der Waals surface area (Å²) in [4.78, 5) is 0. The van der Waals surface area contributed by atoms with Crippen LogP contribution >= 0.6 is 0 Å². The molecule has 5 heteroatoms. The number of methoxy groups -OCH3 is 1. The molecule has 1 unspecified atom stereocenters. The summed E-state index contributed by atoms with van der Waals surface area (Å²) >= 11 is 0. The third-order valence-electron chi connectivity index (χ3n) is 3.36. The van der Waals surface area contributed by atoms with Gasteiger partial charge >= 0.3 is 0 Å². The van der Waals surface area contributed by atoms with Crippen LogP contribution in [-0.4, -0.2) is 14.2 Å². The van der Waals surface area contributed by atoms with Crippen molar-refractivity contribution in [3.8, 4) is 5.75 Å². The Morgan fingerprint density at radius 3 is 2.52 bits per heavy atom. The molecule has 0 heterocycles. The molecular formula is C16H16F3NO. The zero-order valence-corrected chi connectivity index (χ0v) is 11.8. The van der Waals surface area contributed by atoms with Gasteiger partial charge in [-0.25, -0.2) is 13.2 Å². The molecule has 2 aromatic rings. The van der Waals surface area contributed by atoms with Gasteiger partial charge in [-0.3, -0.25) is 0 Å². The first-order valence-electron chi connectivity index (χ1n) is 6.50. The van der Waals surface area contributed by atoms with Crippen LogP contribution in [0.2, 0.25) is 0 Å². The van der Waals surface area contributed by atoms with E-state index in [0.29, 0.717) is 12.2 Å². The lowest BCUT2D eigenvalue weighted by atomic mass is 9.98. The lowest BCUT2D eigenvalue weighted by molar-refractivity contribution is 0.413. The fraction of sp³-hybridized carbons (Fsp3) is 0.250. The molecule has 0 aromatic heterocycles. The maximum Gasteiger partial charge on any atom is 0.194 e. The Bertz CT molecular complexity index is 631. The minimum Gasteiger partial charge on any atom is -0.497 e. The van der Waals surface area contributed by atoms with Crippen molar-refractivity contribution in [3.63, 3.8) is 0 Å². The Morgan fingerprint density at radius 2 is 1.86 bits per heavy atom. The van der Waals surface area contributed by atoms with E-state index in [4.69, 9.17) is 4.74 Å². The van der Waals surface area contributed by atoms with Crippen LogP contribution in [0.15, 0.2) is 36.4 Å². The summed E-state index contributed by atoms with van der Waals surface area (Å²) in [7, 11) is 3.20. The average molecular weight is 295 g/mol. The number of likely N-dealkylation sites (N-methyl/N-ethyl adjacent to an activating group) is 1. The highest BCUT2D eigenvalue weighted by molar-refractivity contribution is 5.31. The van der Waals surface area contributed by atoms with Crippen LogP contribution in [0.25, 0.3) is 0 Å². The number of nitrogens with one attached hydrogen (secondary N) is 1. The molecule has 2 aromatic carbocycles. The second-order valence-corrected chi connectivity index (χ2v) is 4.66. The number of halogens is 3. The van der Waals surface area contributed by atoms with E-state index >= 15 is 0 Å². The maximum atomic E-state index is 13.9. The van der Waals surface area contributed by atoms with Crippen LogP contribution in [0.4, 0.5) is 13.2 Å². The minimum atomic E-state index is -1.45. The van der Waals surface area contributed by atoms with Crippen LogP contribution < -0.4 is 10.1 Å². The highest BCUT2D eigenvalue weighted by Crippen LogP contribution is 2.25. The van der Waals surface area contributed by atoms with Gasteiger partial charge in [0.1, 0.15) is 5.75 Å².